The van der Waals surface area contributed by atoms with Crippen LogP contribution >= 0.6 is 0 Å². The summed E-state index contributed by atoms with van der Waals surface area (Å²) >= 11 is 0. The highest BCUT2D eigenvalue weighted by atomic mass is 16.3. The Morgan fingerprint density at radius 2 is 2.08 bits per heavy atom. The van der Waals surface area contributed by atoms with Crippen LogP contribution in [-0.4, -0.2) is 10.1 Å². The van der Waals surface area contributed by atoms with Gasteiger partial charge in [0.1, 0.15) is 6.10 Å². The van der Waals surface area contributed by atoms with Gasteiger partial charge in [0.05, 0.1) is 5.69 Å². The number of hydrogen-bond donors (Lipinski definition) is 1. The van der Waals surface area contributed by atoms with Gasteiger partial charge in [-0.2, -0.15) is 0 Å². The van der Waals surface area contributed by atoms with Gasteiger partial charge in [0, 0.05) is 5.69 Å². The lowest BCUT2D eigenvalue weighted by atomic mass is 10.1. The summed E-state index contributed by atoms with van der Waals surface area (Å²) in [5, 5.41) is 9.68. The monoisotopic (exact) mass is 177 g/mol. The Morgan fingerprint density at radius 3 is 2.54 bits per heavy atom. The average Bonchev–Trinajstić information content (AvgIpc) is 2.01. The third-order valence-electron chi connectivity index (χ3n) is 1.86. The third kappa shape index (κ3) is 2.39. The fourth-order valence-electron chi connectivity index (χ4n) is 1.27. The average molecular weight is 177 g/mol. The summed E-state index contributed by atoms with van der Waals surface area (Å²) in [7, 11) is 0. The van der Waals surface area contributed by atoms with E-state index in [9.17, 15) is 5.11 Å². The summed E-state index contributed by atoms with van der Waals surface area (Å²) in [6.07, 6.45) is -0.640. The van der Waals surface area contributed by atoms with Crippen LogP contribution in [0.2, 0.25) is 0 Å². The largest absolute Gasteiger partial charge is 0.382 e. The lowest BCUT2D eigenvalue weighted by Gasteiger charge is -2.10. The molecule has 1 aromatic heterocycles. The molecule has 13 heavy (non-hydrogen) atoms. The molecule has 0 aliphatic rings. The van der Waals surface area contributed by atoms with Gasteiger partial charge < -0.3 is 5.11 Å². The number of pyridine rings is 1. The number of aliphatic hydroxyl groups is 1. The highest BCUT2D eigenvalue weighted by Crippen LogP contribution is 2.18. The first-order valence-electron chi connectivity index (χ1n) is 4.29. The lowest BCUT2D eigenvalue weighted by Crippen LogP contribution is -2.02. The van der Waals surface area contributed by atoms with Gasteiger partial charge in [0.15, 0.2) is 0 Å². The third-order valence-corrected chi connectivity index (χ3v) is 1.86. The molecule has 0 saturated heterocycles. The number of aliphatic hydroxyl groups excluding tert-OH is 1. The van der Waals surface area contributed by atoms with Crippen LogP contribution in [0.1, 0.15) is 30.0 Å². The Labute approximate surface area is 78.9 Å². The molecule has 0 spiro atoms. The quantitative estimate of drug-likeness (QED) is 0.703. The van der Waals surface area contributed by atoms with E-state index in [0.29, 0.717) is 5.69 Å². The summed E-state index contributed by atoms with van der Waals surface area (Å²) in [6, 6.07) is 3.86. The molecule has 2 nitrogen and oxygen atoms in total. The van der Waals surface area contributed by atoms with Gasteiger partial charge in [-0.05, 0) is 44.0 Å². The summed E-state index contributed by atoms with van der Waals surface area (Å²) in [6.45, 7) is 9.40. The molecule has 70 valence electrons. The van der Waals surface area contributed by atoms with Gasteiger partial charge in [0.25, 0.3) is 0 Å². The van der Waals surface area contributed by atoms with E-state index >= 15 is 0 Å². The van der Waals surface area contributed by atoms with Gasteiger partial charge in [-0.25, -0.2) is 0 Å². The van der Waals surface area contributed by atoms with E-state index in [0.717, 1.165) is 16.8 Å². The molecule has 1 aromatic rings. The molecule has 0 aliphatic heterocycles. The summed E-state index contributed by atoms with van der Waals surface area (Å²) in [4.78, 5) is 4.24. The second kappa shape index (κ2) is 3.71. The van der Waals surface area contributed by atoms with E-state index < -0.39 is 6.10 Å². The Morgan fingerprint density at radius 1 is 1.46 bits per heavy atom. The Balaban J connectivity index is 3.07. The van der Waals surface area contributed by atoms with Gasteiger partial charge in [-0.1, -0.05) is 6.58 Å². The molecule has 0 radical (unpaired) electrons. The molecule has 0 saturated carbocycles. The van der Waals surface area contributed by atoms with Gasteiger partial charge in [-0.15, -0.1) is 0 Å². The molecule has 0 aliphatic carbocycles. The van der Waals surface area contributed by atoms with Crippen LogP contribution in [0, 0.1) is 13.8 Å². The first kappa shape index (κ1) is 9.93. The summed E-state index contributed by atoms with van der Waals surface area (Å²) in [5.41, 5.74) is 3.44. The van der Waals surface area contributed by atoms with Crippen LogP contribution < -0.4 is 0 Å². The van der Waals surface area contributed by atoms with E-state index in [-0.39, 0.29) is 0 Å². The number of aromatic nitrogens is 1. The number of nitrogens with zero attached hydrogens (tertiary/aromatic N) is 1. The fraction of sp³-hybridized carbons (Fsp3) is 0.364. The Hall–Kier alpha value is -1.15. The zero-order chi connectivity index (χ0) is 10.0. The zero-order valence-electron chi connectivity index (χ0n) is 8.33. The van der Waals surface area contributed by atoms with Crippen molar-refractivity contribution in [1.82, 2.24) is 4.98 Å². The molecule has 2 heteroatoms. The first-order valence-corrected chi connectivity index (χ1v) is 4.29. The lowest BCUT2D eigenvalue weighted by molar-refractivity contribution is 0.211. The number of rotatable bonds is 2. The van der Waals surface area contributed by atoms with E-state index in [1.54, 1.807) is 6.92 Å². The van der Waals surface area contributed by atoms with Crippen molar-refractivity contribution in [2.45, 2.75) is 26.9 Å². The fourth-order valence-corrected chi connectivity index (χ4v) is 1.27. The SMILES string of the molecule is C=C(C)C(O)c1cc(C)cc(C)n1. The van der Waals surface area contributed by atoms with Crippen molar-refractivity contribution in [3.63, 3.8) is 0 Å². The second-order valence-corrected chi connectivity index (χ2v) is 3.46. The molecule has 1 heterocycles. The predicted octanol–water partition coefficient (Wildman–Crippen LogP) is 2.31. The van der Waals surface area contributed by atoms with E-state index in [1.165, 1.54) is 0 Å². The smallest absolute Gasteiger partial charge is 0.116 e. The maximum Gasteiger partial charge on any atom is 0.116 e. The highest BCUT2D eigenvalue weighted by Gasteiger charge is 2.09. The van der Waals surface area contributed by atoms with Gasteiger partial charge >= 0.3 is 0 Å². The molecule has 1 unspecified atom stereocenters. The van der Waals surface area contributed by atoms with Crippen molar-refractivity contribution in [3.05, 3.63) is 41.2 Å². The minimum Gasteiger partial charge on any atom is -0.382 e. The van der Waals surface area contributed by atoms with Crippen molar-refractivity contribution >= 4 is 0 Å². The summed E-state index contributed by atoms with van der Waals surface area (Å²) < 4.78 is 0. The maximum atomic E-state index is 9.68. The van der Waals surface area contributed by atoms with Gasteiger partial charge in [0.2, 0.25) is 0 Å². The minimum absolute atomic E-state index is 0.640. The van der Waals surface area contributed by atoms with Crippen molar-refractivity contribution in [3.8, 4) is 0 Å². The van der Waals surface area contributed by atoms with Crippen molar-refractivity contribution in [1.29, 1.82) is 0 Å². The van der Waals surface area contributed by atoms with Gasteiger partial charge in [-0.3, -0.25) is 4.98 Å². The number of hydrogen-bond acceptors (Lipinski definition) is 2. The summed E-state index contributed by atoms with van der Waals surface area (Å²) in [5.74, 6) is 0. The molecule has 1 rings (SSSR count). The second-order valence-electron chi connectivity index (χ2n) is 3.46. The van der Waals surface area contributed by atoms with E-state index in [4.69, 9.17) is 0 Å². The van der Waals surface area contributed by atoms with E-state index in [2.05, 4.69) is 11.6 Å². The Kier molecular flexibility index (Phi) is 2.83. The first-order chi connectivity index (χ1) is 6.00. The molecule has 1 atom stereocenters. The molecule has 0 fully saturated rings. The molecule has 0 amide bonds. The number of aryl methyl sites for hydroxylation is 2. The van der Waals surface area contributed by atoms with Crippen LogP contribution in [0.4, 0.5) is 0 Å². The molecular formula is C11H15NO. The van der Waals surface area contributed by atoms with Crippen molar-refractivity contribution in [2.24, 2.45) is 0 Å². The van der Waals surface area contributed by atoms with Crippen LogP contribution in [0.5, 0.6) is 0 Å². The van der Waals surface area contributed by atoms with Crippen LogP contribution in [0.25, 0.3) is 0 Å². The normalized spacial score (nSPS) is 12.6. The molecule has 1 N–H and O–H groups in total. The predicted molar refractivity (Wildman–Crippen MR) is 53.5 cm³/mol. The van der Waals surface area contributed by atoms with Crippen LogP contribution in [-0.2, 0) is 0 Å². The van der Waals surface area contributed by atoms with Crippen molar-refractivity contribution in [2.75, 3.05) is 0 Å². The molecule has 0 bridgehead atoms. The minimum atomic E-state index is -0.640. The van der Waals surface area contributed by atoms with Crippen LogP contribution in [0.15, 0.2) is 24.3 Å². The van der Waals surface area contributed by atoms with Crippen molar-refractivity contribution < 1.29 is 5.11 Å². The maximum absolute atomic E-state index is 9.68. The Bertz CT molecular complexity index is 311. The molecular weight excluding hydrogens is 162 g/mol. The highest BCUT2D eigenvalue weighted by molar-refractivity contribution is 5.24. The zero-order valence-corrected chi connectivity index (χ0v) is 8.33. The standard InChI is InChI=1S/C11H15NO/c1-7(2)11(13)10-6-8(3)5-9(4)12-10/h5-6,11,13H,1H2,2-4H3. The molecule has 0 aromatic carbocycles. The topological polar surface area (TPSA) is 33.1 Å². The van der Waals surface area contributed by atoms with E-state index in [1.807, 2.05) is 26.0 Å². The van der Waals surface area contributed by atoms with Crippen LogP contribution in [0.3, 0.4) is 0 Å².